The molecule has 43 heavy (non-hydrogen) atoms. The number of hydrogen-bond acceptors (Lipinski definition) is 5. The Morgan fingerprint density at radius 1 is 0.419 bits per heavy atom. The van der Waals surface area contributed by atoms with Crippen LogP contribution in [-0.4, -0.2) is 14.2 Å². The van der Waals surface area contributed by atoms with Gasteiger partial charge in [0, 0.05) is 51.5 Å². The van der Waals surface area contributed by atoms with Gasteiger partial charge >= 0.3 is 0 Å². The van der Waals surface area contributed by atoms with E-state index in [0.717, 1.165) is 31.7 Å². The van der Waals surface area contributed by atoms with Crippen LogP contribution < -0.4 is 0 Å². The van der Waals surface area contributed by atoms with Crippen molar-refractivity contribution in [2.75, 3.05) is 0 Å². The van der Waals surface area contributed by atoms with E-state index in [4.69, 9.17) is 0 Å². The molecule has 0 aliphatic carbocycles. The lowest BCUT2D eigenvalue weighted by Crippen LogP contribution is -2.20. The van der Waals surface area contributed by atoms with Crippen molar-refractivity contribution in [3.8, 4) is 22.3 Å². The van der Waals surface area contributed by atoms with Crippen LogP contribution in [0, 0.1) is 0 Å². The predicted octanol–water partition coefficient (Wildman–Crippen LogP) is 10.1. The van der Waals surface area contributed by atoms with Crippen LogP contribution in [0.4, 0.5) is 0 Å². The number of benzene rings is 6. The molecule has 1 aliphatic heterocycles. The van der Waals surface area contributed by atoms with Crippen molar-refractivity contribution in [3.63, 3.8) is 0 Å². The van der Waals surface area contributed by atoms with Crippen LogP contribution in [-0.2, 0) is 9.84 Å². The fourth-order valence-electron chi connectivity index (χ4n) is 6.32. The first kappa shape index (κ1) is 24.9. The molecular formula is C37H20O3S3. The summed E-state index contributed by atoms with van der Waals surface area (Å²) in [6.07, 6.45) is 0. The molecule has 0 fully saturated rings. The van der Waals surface area contributed by atoms with Gasteiger partial charge in [0.1, 0.15) is 0 Å². The average Bonchev–Trinajstić information content (AvgIpc) is 3.60. The second kappa shape index (κ2) is 8.94. The van der Waals surface area contributed by atoms with Crippen LogP contribution in [0.25, 0.3) is 62.6 Å². The third-order valence-corrected chi connectivity index (χ3v) is 12.6. The van der Waals surface area contributed by atoms with Crippen molar-refractivity contribution < 1.29 is 13.2 Å². The predicted molar refractivity (Wildman–Crippen MR) is 178 cm³/mol. The van der Waals surface area contributed by atoms with Gasteiger partial charge in [-0.3, -0.25) is 4.79 Å². The zero-order chi connectivity index (χ0) is 28.9. The minimum Gasteiger partial charge on any atom is -0.289 e. The zero-order valence-electron chi connectivity index (χ0n) is 22.5. The molecule has 0 unspecified atom stereocenters. The van der Waals surface area contributed by atoms with Gasteiger partial charge in [-0.1, -0.05) is 72.8 Å². The highest BCUT2D eigenvalue weighted by molar-refractivity contribution is 7.91. The monoisotopic (exact) mass is 608 g/mol. The van der Waals surface area contributed by atoms with Crippen molar-refractivity contribution in [1.82, 2.24) is 0 Å². The number of sulfone groups is 1. The normalized spacial score (nSPS) is 14.0. The number of hydrogen-bond donors (Lipinski definition) is 0. The Hall–Kier alpha value is -4.62. The van der Waals surface area contributed by atoms with E-state index >= 15 is 0 Å². The molecule has 2 aromatic heterocycles. The SMILES string of the molecule is O=C1c2cc(-c3ccc4c(c3)sc3ccccc34)ccc2S(=O)(=O)c2ccc(-c3ccc4c(c3)sc3ccccc34)cc21. The second-order valence-corrected chi connectivity index (χ2v) is 14.9. The lowest BCUT2D eigenvalue weighted by atomic mass is 9.95. The summed E-state index contributed by atoms with van der Waals surface area (Å²) in [4.78, 5) is 14.1. The largest absolute Gasteiger partial charge is 0.289 e. The van der Waals surface area contributed by atoms with Crippen LogP contribution >= 0.6 is 22.7 Å². The van der Waals surface area contributed by atoms with Gasteiger partial charge < -0.3 is 0 Å². The summed E-state index contributed by atoms with van der Waals surface area (Å²) in [5.41, 5.74) is 3.97. The van der Waals surface area contributed by atoms with Gasteiger partial charge in [0.05, 0.1) is 9.79 Å². The number of carbonyl (C=O) groups excluding carboxylic acids is 1. The number of ketones is 1. The van der Waals surface area contributed by atoms with Crippen molar-refractivity contribution in [1.29, 1.82) is 0 Å². The maximum Gasteiger partial charge on any atom is 0.208 e. The van der Waals surface area contributed by atoms with Gasteiger partial charge in [0.15, 0.2) is 5.78 Å². The molecule has 0 radical (unpaired) electrons. The lowest BCUT2D eigenvalue weighted by Gasteiger charge is -2.20. The molecule has 8 aromatic rings. The average molecular weight is 609 g/mol. The Bertz CT molecular complexity index is 2430. The molecule has 9 rings (SSSR count). The van der Waals surface area contributed by atoms with Crippen molar-refractivity contribution in [3.05, 3.63) is 132 Å². The van der Waals surface area contributed by atoms with Gasteiger partial charge in [-0.05, 0) is 70.8 Å². The summed E-state index contributed by atoms with van der Waals surface area (Å²) < 4.78 is 32.2. The lowest BCUT2D eigenvalue weighted by molar-refractivity contribution is 0.103. The van der Waals surface area contributed by atoms with E-state index in [1.807, 2.05) is 36.4 Å². The van der Waals surface area contributed by atoms with E-state index in [2.05, 4.69) is 48.5 Å². The van der Waals surface area contributed by atoms with Crippen LogP contribution in [0.15, 0.2) is 131 Å². The van der Waals surface area contributed by atoms with Gasteiger partial charge in [-0.25, -0.2) is 8.42 Å². The molecule has 0 atom stereocenters. The smallest absolute Gasteiger partial charge is 0.208 e. The summed E-state index contributed by atoms with van der Waals surface area (Å²) in [7, 11) is -3.85. The number of fused-ring (bicyclic) bond motifs is 8. The Morgan fingerprint density at radius 3 is 1.30 bits per heavy atom. The first-order chi connectivity index (χ1) is 21.0. The molecule has 0 saturated heterocycles. The first-order valence-electron chi connectivity index (χ1n) is 13.9. The molecular weight excluding hydrogens is 589 g/mol. The van der Waals surface area contributed by atoms with Crippen LogP contribution in [0.3, 0.4) is 0 Å². The van der Waals surface area contributed by atoms with E-state index in [1.165, 1.54) is 30.9 Å². The fraction of sp³-hybridized carbons (Fsp3) is 0. The Morgan fingerprint density at radius 2 is 0.814 bits per heavy atom. The molecule has 1 aliphatic rings. The topological polar surface area (TPSA) is 51.2 Å². The molecule has 6 aromatic carbocycles. The second-order valence-electron chi connectivity index (χ2n) is 10.9. The summed E-state index contributed by atoms with van der Waals surface area (Å²) in [6.45, 7) is 0. The molecule has 204 valence electrons. The van der Waals surface area contributed by atoms with E-state index in [0.29, 0.717) is 0 Å². The quantitative estimate of drug-likeness (QED) is 0.196. The number of thiophene rings is 2. The van der Waals surface area contributed by atoms with Gasteiger partial charge in [-0.2, -0.15) is 0 Å². The fourth-order valence-corrected chi connectivity index (χ4v) is 10.2. The summed E-state index contributed by atoms with van der Waals surface area (Å²) in [5.74, 6) is -0.269. The van der Waals surface area contributed by atoms with E-state index in [9.17, 15) is 13.2 Å². The molecule has 3 nitrogen and oxygen atoms in total. The Labute approximate surface area is 255 Å². The molecule has 6 heteroatoms. The molecule has 0 amide bonds. The molecule has 3 heterocycles. The highest BCUT2D eigenvalue weighted by atomic mass is 32.2. The van der Waals surface area contributed by atoms with Crippen molar-refractivity contribution in [2.24, 2.45) is 0 Å². The highest BCUT2D eigenvalue weighted by Gasteiger charge is 2.35. The summed E-state index contributed by atoms with van der Waals surface area (Å²) in [5, 5.41) is 4.83. The van der Waals surface area contributed by atoms with Crippen molar-refractivity contribution >= 4 is 78.6 Å². The van der Waals surface area contributed by atoms with Crippen LogP contribution in [0.2, 0.25) is 0 Å². The first-order valence-corrected chi connectivity index (χ1v) is 17.0. The third-order valence-electron chi connectivity index (χ3n) is 8.45. The van der Waals surface area contributed by atoms with Gasteiger partial charge in [0.25, 0.3) is 0 Å². The maximum atomic E-state index is 14.0. The summed E-state index contributed by atoms with van der Waals surface area (Å²) in [6, 6.07) is 39.5. The Balaban J connectivity index is 1.15. The summed E-state index contributed by atoms with van der Waals surface area (Å²) >= 11 is 3.46. The zero-order valence-corrected chi connectivity index (χ0v) is 24.9. The number of rotatable bonds is 2. The number of carbonyl (C=O) groups is 1. The van der Waals surface area contributed by atoms with Crippen molar-refractivity contribution in [2.45, 2.75) is 9.79 Å². The molecule has 0 spiro atoms. The maximum absolute atomic E-state index is 14.0. The van der Waals surface area contributed by atoms with E-state index < -0.39 is 9.84 Å². The van der Waals surface area contributed by atoms with Crippen LogP contribution in [0.1, 0.15) is 15.9 Å². The van der Waals surface area contributed by atoms with Gasteiger partial charge in [-0.15, -0.1) is 22.7 Å². The highest BCUT2D eigenvalue weighted by Crippen LogP contribution is 2.41. The minimum absolute atomic E-state index is 0.0659. The van der Waals surface area contributed by atoms with Gasteiger partial charge in [0.2, 0.25) is 9.84 Å². The van der Waals surface area contributed by atoms with E-state index in [-0.39, 0.29) is 26.7 Å². The van der Waals surface area contributed by atoms with Crippen LogP contribution in [0.5, 0.6) is 0 Å². The standard InChI is InChI=1S/C37H20O3S3/c38-37-29-17-21(23-9-13-27-25-5-1-3-7-31(25)41-33(27)19-23)11-15-35(29)43(39,40)36-16-12-22(18-30(36)37)24-10-14-28-26-6-2-4-8-32(26)42-34(28)20-24/h1-20H. The van der Waals surface area contributed by atoms with E-state index in [1.54, 1.807) is 59.1 Å². The third kappa shape index (κ3) is 3.64. The molecule has 0 N–H and O–H groups in total. The Kier molecular flexibility index (Phi) is 5.18. The molecule has 0 saturated carbocycles. The molecule has 0 bridgehead atoms. The minimum atomic E-state index is -3.85.